The van der Waals surface area contributed by atoms with Crippen LogP contribution in [-0.2, 0) is 0 Å². The largest absolute Gasteiger partial charge is 0.396 e. The van der Waals surface area contributed by atoms with E-state index in [1.165, 1.54) is 0 Å². The van der Waals surface area contributed by atoms with Gasteiger partial charge in [-0.3, -0.25) is 4.98 Å². The smallest absolute Gasteiger partial charge is 0.0549 e. The second kappa shape index (κ2) is 7.93. The molecule has 18 heavy (non-hydrogen) atoms. The molecule has 1 heterocycles. The SMILES string of the molecule is CCCNc1cncc(NC(CCO)C(C)C)c1. The van der Waals surface area contributed by atoms with Crippen molar-refractivity contribution in [3.63, 3.8) is 0 Å². The van der Waals surface area contributed by atoms with Crippen molar-refractivity contribution in [2.24, 2.45) is 5.92 Å². The van der Waals surface area contributed by atoms with E-state index in [1.54, 1.807) is 0 Å². The van der Waals surface area contributed by atoms with Gasteiger partial charge in [-0.05, 0) is 24.8 Å². The molecule has 0 aliphatic rings. The molecule has 0 radical (unpaired) electrons. The number of aliphatic hydroxyl groups excluding tert-OH is 1. The van der Waals surface area contributed by atoms with Gasteiger partial charge in [-0.2, -0.15) is 0 Å². The molecule has 0 saturated heterocycles. The van der Waals surface area contributed by atoms with Gasteiger partial charge in [0.25, 0.3) is 0 Å². The van der Waals surface area contributed by atoms with Crippen LogP contribution in [0.1, 0.15) is 33.6 Å². The van der Waals surface area contributed by atoms with Gasteiger partial charge in [0, 0.05) is 19.2 Å². The van der Waals surface area contributed by atoms with Gasteiger partial charge in [-0.25, -0.2) is 0 Å². The van der Waals surface area contributed by atoms with Gasteiger partial charge in [-0.1, -0.05) is 20.8 Å². The van der Waals surface area contributed by atoms with Crippen molar-refractivity contribution in [2.45, 2.75) is 39.7 Å². The van der Waals surface area contributed by atoms with Crippen molar-refractivity contribution >= 4 is 11.4 Å². The molecule has 3 N–H and O–H groups in total. The van der Waals surface area contributed by atoms with Gasteiger partial charge in [0.2, 0.25) is 0 Å². The highest BCUT2D eigenvalue weighted by Crippen LogP contribution is 2.17. The number of pyridine rings is 1. The van der Waals surface area contributed by atoms with Crippen LogP contribution in [0.3, 0.4) is 0 Å². The predicted octanol–water partition coefficient (Wildman–Crippen LogP) is 2.72. The third kappa shape index (κ3) is 4.92. The van der Waals surface area contributed by atoms with Crippen molar-refractivity contribution in [1.29, 1.82) is 0 Å². The van der Waals surface area contributed by atoms with Crippen molar-refractivity contribution in [3.05, 3.63) is 18.5 Å². The second-order valence-electron chi connectivity index (χ2n) is 4.90. The van der Waals surface area contributed by atoms with Crippen LogP contribution in [0.4, 0.5) is 11.4 Å². The van der Waals surface area contributed by atoms with E-state index in [4.69, 9.17) is 5.11 Å². The molecule has 0 bridgehead atoms. The number of nitrogens with one attached hydrogen (secondary N) is 2. The summed E-state index contributed by atoms with van der Waals surface area (Å²) in [5.41, 5.74) is 2.04. The van der Waals surface area contributed by atoms with E-state index in [0.717, 1.165) is 30.8 Å². The first-order valence-corrected chi connectivity index (χ1v) is 6.73. The number of aromatic nitrogens is 1. The zero-order valence-corrected chi connectivity index (χ0v) is 11.6. The summed E-state index contributed by atoms with van der Waals surface area (Å²) >= 11 is 0. The zero-order valence-electron chi connectivity index (χ0n) is 11.6. The molecule has 4 nitrogen and oxygen atoms in total. The molecule has 0 spiro atoms. The Morgan fingerprint density at radius 1 is 1.28 bits per heavy atom. The minimum atomic E-state index is 0.205. The zero-order chi connectivity index (χ0) is 13.4. The number of rotatable bonds is 8. The van der Waals surface area contributed by atoms with Crippen LogP contribution in [-0.4, -0.2) is 29.3 Å². The topological polar surface area (TPSA) is 57.2 Å². The van der Waals surface area contributed by atoms with Gasteiger partial charge in [-0.15, -0.1) is 0 Å². The lowest BCUT2D eigenvalue weighted by Crippen LogP contribution is -2.26. The highest BCUT2D eigenvalue weighted by molar-refractivity contribution is 5.54. The molecular weight excluding hydrogens is 226 g/mol. The quantitative estimate of drug-likeness (QED) is 0.665. The Hall–Kier alpha value is -1.29. The van der Waals surface area contributed by atoms with Crippen LogP contribution in [0.5, 0.6) is 0 Å². The summed E-state index contributed by atoms with van der Waals surface area (Å²) in [4.78, 5) is 4.22. The lowest BCUT2D eigenvalue weighted by molar-refractivity contribution is 0.267. The normalized spacial score (nSPS) is 12.5. The molecular formula is C14H25N3O. The van der Waals surface area contributed by atoms with Crippen LogP contribution in [0.2, 0.25) is 0 Å². The van der Waals surface area contributed by atoms with E-state index >= 15 is 0 Å². The maximum absolute atomic E-state index is 9.07. The third-order valence-electron chi connectivity index (χ3n) is 2.91. The number of hydrogen-bond donors (Lipinski definition) is 3. The fraction of sp³-hybridized carbons (Fsp3) is 0.643. The second-order valence-corrected chi connectivity index (χ2v) is 4.90. The van der Waals surface area contributed by atoms with Crippen molar-refractivity contribution < 1.29 is 5.11 Å². The molecule has 0 saturated carbocycles. The fourth-order valence-corrected chi connectivity index (χ4v) is 1.81. The van der Waals surface area contributed by atoms with Crippen LogP contribution in [0, 0.1) is 5.92 Å². The summed E-state index contributed by atoms with van der Waals surface area (Å²) in [6, 6.07) is 2.34. The predicted molar refractivity (Wildman–Crippen MR) is 77.0 cm³/mol. The summed E-state index contributed by atoms with van der Waals surface area (Å²) in [5, 5.41) is 15.8. The standard InChI is InChI=1S/C14H25N3O/c1-4-6-16-12-8-13(10-15-9-12)17-14(5-7-18)11(2)3/h8-11,14,16-18H,4-7H2,1-3H3. The molecule has 4 heteroatoms. The van der Waals surface area contributed by atoms with Gasteiger partial charge in [0.1, 0.15) is 0 Å². The van der Waals surface area contributed by atoms with Gasteiger partial charge in [0.15, 0.2) is 0 Å². The third-order valence-corrected chi connectivity index (χ3v) is 2.91. The van der Waals surface area contributed by atoms with E-state index in [-0.39, 0.29) is 12.6 Å². The van der Waals surface area contributed by atoms with Gasteiger partial charge < -0.3 is 15.7 Å². The monoisotopic (exact) mass is 251 g/mol. The highest BCUT2D eigenvalue weighted by atomic mass is 16.3. The van der Waals surface area contributed by atoms with E-state index in [9.17, 15) is 0 Å². The molecule has 0 aliphatic heterocycles. The molecule has 1 rings (SSSR count). The van der Waals surface area contributed by atoms with Crippen LogP contribution in [0.15, 0.2) is 18.5 Å². The number of nitrogens with zero attached hydrogens (tertiary/aromatic N) is 1. The summed E-state index contributed by atoms with van der Waals surface area (Å²) in [7, 11) is 0. The lowest BCUT2D eigenvalue weighted by Gasteiger charge is -2.22. The Labute approximate surface area is 110 Å². The van der Waals surface area contributed by atoms with E-state index in [0.29, 0.717) is 5.92 Å². The van der Waals surface area contributed by atoms with Crippen LogP contribution >= 0.6 is 0 Å². The number of aliphatic hydroxyl groups is 1. The first kappa shape index (κ1) is 14.8. The molecule has 0 fully saturated rings. The first-order chi connectivity index (χ1) is 8.67. The molecule has 1 aromatic heterocycles. The first-order valence-electron chi connectivity index (χ1n) is 6.73. The molecule has 0 amide bonds. The summed E-state index contributed by atoms with van der Waals surface area (Å²) in [6.45, 7) is 7.60. The number of hydrogen-bond acceptors (Lipinski definition) is 4. The maximum atomic E-state index is 9.07. The van der Waals surface area contributed by atoms with E-state index < -0.39 is 0 Å². The van der Waals surface area contributed by atoms with Crippen molar-refractivity contribution in [3.8, 4) is 0 Å². The highest BCUT2D eigenvalue weighted by Gasteiger charge is 2.12. The lowest BCUT2D eigenvalue weighted by atomic mass is 10.0. The average molecular weight is 251 g/mol. The summed E-state index contributed by atoms with van der Waals surface area (Å²) in [6.07, 6.45) is 5.50. The van der Waals surface area contributed by atoms with Crippen LogP contribution in [0.25, 0.3) is 0 Å². The van der Waals surface area contributed by atoms with Gasteiger partial charge >= 0.3 is 0 Å². The fourth-order valence-electron chi connectivity index (χ4n) is 1.81. The Bertz CT molecular complexity index is 342. The Morgan fingerprint density at radius 3 is 2.61 bits per heavy atom. The average Bonchev–Trinajstić information content (AvgIpc) is 2.36. The Balaban J connectivity index is 2.64. The maximum Gasteiger partial charge on any atom is 0.0549 e. The number of anilines is 2. The summed E-state index contributed by atoms with van der Waals surface area (Å²) in [5.74, 6) is 0.476. The van der Waals surface area contributed by atoms with Crippen molar-refractivity contribution in [2.75, 3.05) is 23.8 Å². The minimum absolute atomic E-state index is 0.205. The van der Waals surface area contributed by atoms with Crippen LogP contribution < -0.4 is 10.6 Å². The molecule has 1 unspecified atom stereocenters. The molecule has 1 aromatic rings. The van der Waals surface area contributed by atoms with Gasteiger partial charge in [0.05, 0.1) is 23.8 Å². The molecule has 1 atom stereocenters. The molecule has 0 aromatic carbocycles. The summed E-state index contributed by atoms with van der Waals surface area (Å²) < 4.78 is 0. The Morgan fingerprint density at radius 2 is 2.00 bits per heavy atom. The Kier molecular flexibility index (Phi) is 6.50. The molecule has 102 valence electrons. The molecule has 0 aliphatic carbocycles. The van der Waals surface area contributed by atoms with Crippen molar-refractivity contribution in [1.82, 2.24) is 4.98 Å². The van der Waals surface area contributed by atoms with E-state index in [1.807, 2.05) is 12.4 Å². The minimum Gasteiger partial charge on any atom is -0.396 e. The van der Waals surface area contributed by atoms with E-state index in [2.05, 4.69) is 42.5 Å².